The molecule has 0 aliphatic carbocycles. The molecule has 1 fully saturated rings. The molecule has 1 aromatic carbocycles. The van der Waals surface area contributed by atoms with Crippen LogP contribution in [0, 0.1) is 0 Å². The summed E-state index contributed by atoms with van der Waals surface area (Å²) in [7, 11) is 0. The van der Waals surface area contributed by atoms with E-state index in [2.05, 4.69) is 5.32 Å². The van der Waals surface area contributed by atoms with Gasteiger partial charge in [-0.3, -0.25) is 9.59 Å². The summed E-state index contributed by atoms with van der Waals surface area (Å²) in [5.41, 5.74) is 7.00. The topological polar surface area (TPSA) is 75.4 Å². The molecule has 2 amide bonds. The molecule has 1 atom stereocenters. The van der Waals surface area contributed by atoms with E-state index in [4.69, 9.17) is 5.73 Å². The van der Waals surface area contributed by atoms with Crippen molar-refractivity contribution in [3.05, 3.63) is 52.2 Å². The fourth-order valence-corrected chi connectivity index (χ4v) is 3.35. The molecule has 0 spiro atoms. The molecule has 1 unspecified atom stereocenters. The quantitative estimate of drug-likeness (QED) is 0.909. The van der Waals surface area contributed by atoms with Crippen molar-refractivity contribution >= 4 is 28.8 Å². The normalized spacial score (nSPS) is 17.8. The van der Waals surface area contributed by atoms with Gasteiger partial charge in [0.15, 0.2) is 0 Å². The highest BCUT2D eigenvalue weighted by atomic mass is 32.1. The smallest absolute Gasteiger partial charge is 0.265 e. The standard InChI is InChI=1S/C17H19N3O2S/c18-12-5-3-9-20(11-12)17(22)13-6-1-2-7-14(13)19-16(21)15-8-4-10-23-15/h1-2,4,6-8,10,12H,3,5,9,11,18H2,(H,19,21). The average molecular weight is 329 g/mol. The molecule has 1 aromatic heterocycles. The van der Waals surface area contributed by atoms with Crippen molar-refractivity contribution < 1.29 is 9.59 Å². The molecule has 23 heavy (non-hydrogen) atoms. The van der Waals surface area contributed by atoms with E-state index in [0.29, 0.717) is 29.2 Å². The van der Waals surface area contributed by atoms with Crippen molar-refractivity contribution in [3.8, 4) is 0 Å². The number of rotatable bonds is 3. The minimum atomic E-state index is -0.199. The van der Waals surface area contributed by atoms with Crippen LogP contribution in [0.1, 0.15) is 32.9 Å². The molecule has 3 rings (SSSR count). The van der Waals surface area contributed by atoms with Crippen molar-refractivity contribution in [2.24, 2.45) is 5.73 Å². The molecule has 0 saturated carbocycles. The number of amides is 2. The number of likely N-dealkylation sites (tertiary alicyclic amines) is 1. The molecule has 1 saturated heterocycles. The lowest BCUT2D eigenvalue weighted by molar-refractivity contribution is 0.0710. The van der Waals surface area contributed by atoms with Crippen LogP contribution < -0.4 is 11.1 Å². The minimum absolute atomic E-state index is 0.0283. The maximum atomic E-state index is 12.8. The van der Waals surface area contributed by atoms with Crippen LogP contribution in [0.25, 0.3) is 0 Å². The first-order chi connectivity index (χ1) is 11.1. The Balaban J connectivity index is 1.80. The van der Waals surface area contributed by atoms with Gasteiger partial charge in [-0.15, -0.1) is 11.3 Å². The van der Waals surface area contributed by atoms with E-state index in [9.17, 15) is 9.59 Å². The maximum absolute atomic E-state index is 12.8. The molecule has 3 N–H and O–H groups in total. The van der Waals surface area contributed by atoms with E-state index in [1.807, 2.05) is 17.5 Å². The van der Waals surface area contributed by atoms with Crippen LogP contribution in [0.3, 0.4) is 0 Å². The van der Waals surface area contributed by atoms with E-state index < -0.39 is 0 Å². The Morgan fingerprint density at radius 2 is 2.04 bits per heavy atom. The molecule has 1 aliphatic rings. The summed E-state index contributed by atoms with van der Waals surface area (Å²) in [5.74, 6) is -0.280. The van der Waals surface area contributed by atoms with E-state index in [-0.39, 0.29) is 17.9 Å². The highest BCUT2D eigenvalue weighted by Crippen LogP contribution is 2.21. The Morgan fingerprint density at radius 3 is 2.78 bits per heavy atom. The van der Waals surface area contributed by atoms with Crippen LogP contribution >= 0.6 is 11.3 Å². The number of nitrogens with one attached hydrogen (secondary N) is 1. The Labute approximate surface area is 139 Å². The Kier molecular flexibility index (Phi) is 4.73. The molecule has 120 valence electrons. The van der Waals surface area contributed by atoms with E-state index in [0.717, 1.165) is 12.8 Å². The second-order valence-electron chi connectivity index (χ2n) is 5.63. The van der Waals surface area contributed by atoms with Gasteiger partial charge < -0.3 is 16.0 Å². The summed E-state index contributed by atoms with van der Waals surface area (Å²) in [6.07, 6.45) is 1.86. The predicted molar refractivity (Wildman–Crippen MR) is 91.8 cm³/mol. The minimum Gasteiger partial charge on any atom is -0.337 e. The van der Waals surface area contributed by atoms with Gasteiger partial charge in [-0.2, -0.15) is 0 Å². The third-order valence-electron chi connectivity index (χ3n) is 3.90. The largest absolute Gasteiger partial charge is 0.337 e. The first-order valence-corrected chi connectivity index (χ1v) is 8.52. The summed E-state index contributed by atoms with van der Waals surface area (Å²) in [6, 6.07) is 10.7. The highest BCUT2D eigenvalue weighted by Gasteiger charge is 2.24. The van der Waals surface area contributed by atoms with Crippen LogP contribution in [0.5, 0.6) is 0 Å². The van der Waals surface area contributed by atoms with Gasteiger partial charge in [-0.05, 0) is 36.4 Å². The molecule has 6 heteroatoms. The molecule has 2 heterocycles. The van der Waals surface area contributed by atoms with Gasteiger partial charge in [0.25, 0.3) is 11.8 Å². The number of nitrogens with zero attached hydrogens (tertiary/aromatic N) is 1. The SMILES string of the molecule is NC1CCCN(C(=O)c2ccccc2NC(=O)c2cccs2)C1. The molecule has 0 radical (unpaired) electrons. The van der Waals surface area contributed by atoms with Crippen LogP contribution in [0.15, 0.2) is 41.8 Å². The summed E-state index contributed by atoms with van der Waals surface area (Å²) < 4.78 is 0. The van der Waals surface area contributed by atoms with Crippen molar-refractivity contribution in [3.63, 3.8) is 0 Å². The number of para-hydroxylation sites is 1. The predicted octanol–water partition coefficient (Wildman–Crippen LogP) is 2.56. The molecule has 5 nitrogen and oxygen atoms in total. The summed E-state index contributed by atoms with van der Waals surface area (Å²) in [6.45, 7) is 1.27. The molecule has 2 aromatic rings. The summed E-state index contributed by atoms with van der Waals surface area (Å²) in [4.78, 5) is 27.4. The third-order valence-corrected chi connectivity index (χ3v) is 4.76. The van der Waals surface area contributed by atoms with Gasteiger partial charge in [-0.1, -0.05) is 18.2 Å². The monoisotopic (exact) mass is 329 g/mol. The molecular formula is C17H19N3O2S. The third kappa shape index (κ3) is 3.60. The van der Waals surface area contributed by atoms with Crippen molar-refractivity contribution in [2.45, 2.75) is 18.9 Å². The maximum Gasteiger partial charge on any atom is 0.265 e. The van der Waals surface area contributed by atoms with Crippen LogP contribution in [0.4, 0.5) is 5.69 Å². The molecular weight excluding hydrogens is 310 g/mol. The number of thiophene rings is 1. The zero-order valence-corrected chi connectivity index (χ0v) is 13.5. The zero-order valence-electron chi connectivity index (χ0n) is 12.7. The van der Waals surface area contributed by atoms with E-state index >= 15 is 0 Å². The number of carbonyl (C=O) groups excluding carboxylic acids is 2. The van der Waals surface area contributed by atoms with Gasteiger partial charge in [-0.25, -0.2) is 0 Å². The Morgan fingerprint density at radius 1 is 1.22 bits per heavy atom. The molecule has 0 bridgehead atoms. The lowest BCUT2D eigenvalue weighted by atomic mass is 10.0. The van der Waals surface area contributed by atoms with Crippen molar-refractivity contribution in [2.75, 3.05) is 18.4 Å². The Bertz CT molecular complexity index is 700. The summed E-state index contributed by atoms with van der Waals surface area (Å²) >= 11 is 1.37. The van der Waals surface area contributed by atoms with Gasteiger partial charge >= 0.3 is 0 Å². The summed E-state index contributed by atoms with van der Waals surface area (Å²) in [5, 5.41) is 4.69. The van der Waals surface area contributed by atoms with Gasteiger partial charge in [0.2, 0.25) is 0 Å². The first-order valence-electron chi connectivity index (χ1n) is 7.64. The Hall–Kier alpha value is -2.18. The first kappa shape index (κ1) is 15.7. The van der Waals surface area contributed by atoms with Gasteiger partial charge in [0.05, 0.1) is 16.1 Å². The fraction of sp³-hybridized carbons (Fsp3) is 0.294. The fourth-order valence-electron chi connectivity index (χ4n) is 2.74. The van der Waals surface area contributed by atoms with Gasteiger partial charge in [0, 0.05) is 19.1 Å². The number of piperidine rings is 1. The van der Waals surface area contributed by atoms with E-state index in [1.165, 1.54) is 11.3 Å². The second-order valence-corrected chi connectivity index (χ2v) is 6.58. The number of carbonyl (C=O) groups is 2. The van der Waals surface area contributed by atoms with Crippen LogP contribution in [-0.4, -0.2) is 35.8 Å². The van der Waals surface area contributed by atoms with Crippen LogP contribution in [-0.2, 0) is 0 Å². The lowest BCUT2D eigenvalue weighted by Crippen LogP contribution is -2.45. The number of anilines is 1. The lowest BCUT2D eigenvalue weighted by Gasteiger charge is -2.31. The molecule has 1 aliphatic heterocycles. The van der Waals surface area contributed by atoms with Crippen LogP contribution in [0.2, 0.25) is 0 Å². The number of hydrogen-bond donors (Lipinski definition) is 2. The number of nitrogens with two attached hydrogens (primary N) is 1. The van der Waals surface area contributed by atoms with Gasteiger partial charge in [0.1, 0.15) is 0 Å². The average Bonchev–Trinajstić information content (AvgIpc) is 3.09. The van der Waals surface area contributed by atoms with E-state index in [1.54, 1.807) is 29.2 Å². The number of hydrogen-bond acceptors (Lipinski definition) is 4. The van der Waals surface area contributed by atoms with Crippen molar-refractivity contribution in [1.29, 1.82) is 0 Å². The number of benzene rings is 1. The zero-order chi connectivity index (χ0) is 16.2. The highest BCUT2D eigenvalue weighted by molar-refractivity contribution is 7.12. The van der Waals surface area contributed by atoms with Crippen molar-refractivity contribution in [1.82, 2.24) is 4.90 Å². The second kappa shape index (κ2) is 6.93.